The van der Waals surface area contributed by atoms with Crippen LogP contribution in [0.5, 0.6) is 0 Å². The van der Waals surface area contributed by atoms with Gasteiger partial charge in [-0.2, -0.15) is 4.99 Å². The Labute approximate surface area is 134 Å². The Bertz CT molecular complexity index is 801. The third-order valence-electron chi connectivity index (χ3n) is 4.61. The van der Waals surface area contributed by atoms with E-state index in [9.17, 15) is 18.0 Å². The van der Waals surface area contributed by atoms with Crippen molar-refractivity contribution in [3.63, 3.8) is 0 Å². The first-order chi connectivity index (χ1) is 10.8. The molecule has 1 unspecified atom stereocenters. The SMILES string of the molecule is CC1(NS(=O)(=O)C2=CC3C(=O)N(C4CC4)C(=O)N=C3C=C2)CC1. The average molecular weight is 335 g/mol. The number of hydrogen-bond acceptors (Lipinski definition) is 4. The van der Waals surface area contributed by atoms with Crippen molar-refractivity contribution in [1.82, 2.24) is 9.62 Å². The van der Waals surface area contributed by atoms with Crippen molar-refractivity contribution < 1.29 is 18.0 Å². The second-order valence-corrected chi connectivity index (χ2v) is 8.49. The van der Waals surface area contributed by atoms with Crippen LogP contribution in [0, 0.1) is 5.92 Å². The van der Waals surface area contributed by atoms with Crippen molar-refractivity contribution >= 4 is 27.7 Å². The Hall–Kier alpha value is -1.80. The maximum atomic E-state index is 12.6. The molecular formula is C15H17N3O4S. The van der Waals surface area contributed by atoms with Crippen LogP contribution in [0.25, 0.3) is 0 Å². The molecule has 0 aromatic carbocycles. The molecule has 1 atom stereocenters. The number of nitrogens with one attached hydrogen (secondary N) is 1. The summed E-state index contributed by atoms with van der Waals surface area (Å²) in [5, 5.41) is 0. The lowest BCUT2D eigenvalue weighted by atomic mass is 9.95. The lowest BCUT2D eigenvalue weighted by Crippen LogP contribution is -2.47. The van der Waals surface area contributed by atoms with E-state index >= 15 is 0 Å². The van der Waals surface area contributed by atoms with Gasteiger partial charge in [-0.05, 0) is 50.8 Å². The van der Waals surface area contributed by atoms with E-state index < -0.39 is 22.0 Å². The number of allylic oxidation sites excluding steroid dienone is 2. The van der Waals surface area contributed by atoms with Crippen LogP contribution in [0.1, 0.15) is 32.6 Å². The molecule has 2 fully saturated rings. The summed E-state index contributed by atoms with van der Waals surface area (Å²) < 4.78 is 27.6. The van der Waals surface area contributed by atoms with Crippen LogP contribution >= 0.6 is 0 Å². The summed E-state index contributed by atoms with van der Waals surface area (Å²) >= 11 is 0. The number of urea groups is 1. The molecule has 23 heavy (non-hydrogen) atoms. The number of imide groups is 1. The monoisotopic (exact) mass is 335 g/mol. The van der Waals surface area contributed by atoms with Gasteiger partial charge in [0.05, 0.1) is 10.6 Å². The second-order valence-electron chi connectivity index (χ2n) is 6.80. The van der Waals surface area contributed by atoms with Crippen molar-refractivity contribution in [2.75, 3.05) is 0 Å². The topological polar surface area (TPSA) is 95.9 Å². The summed E-state index contributed by atoms with van der Waals surface area (Å²) in [4.78, 5) is 29.7. The summed E-state index contributed by atoms with van der Waals surface area (Å²) in [5.41, 5.74) is -0.0671. The molecule has 0 radical (unpaired) electrons. The number of aliphatic imine (C=N–C) groups is 1. The molecule has 4 aliphatic rings. The molecule has 1 N–H and O–H groups in total. The van der Waals surface area contributed by atoms with Crippen LogP contribution < -0.4 is 4.72 Å². The van der Waals surface area contributed by atoms with Crippen molar-refractivity contribution in [3.8, 4) is 0 Å². The van der Waals surface area contributed by atoms with Gasteiger partial charge in [0, 0.05) is 11.6 Å². The second kappa shape index (κ2) is 4.61. The molecule has 3 amide bonds. The van der Waals surface area contributed by atoms with E-state index in [1.54, 1.807) is 0 Å². The van der Waals surface area contributed by atoms with Gasteiger partial charge in [0.25, 0.3) is 0 Å². The molecule has 2 saturated carbocycles. The van der Waals surface area contributed by atoms with E-state index in [1.165, 1.54) is 23.1 Å². The lowest BCUT2D eigenvalue weighted by Gasteiger charge is -2.29. The van der Waals surface area contributed by atoms with Crippen LogP contribution in [0.4, 0.5) is 4.79 Å². The molecule has 3 aliphatic carbocycles. The van der Waals surface area contributed by atoms with Gasteiger partial charge in [0.2, 0.25) is 15.9 Å². The minimum absolute atomic E-state index is 0.0630. The highest BCUT2D eigenvalue weighted by Gasteiger charge is 2.46. The first-order valence-corrected chi connectivity index (χ1v) is 9.17. The summed E-state index contributed by atoms with van der Waals surface area (Å²) in [6.45, 7) is 1.85. The van der Waals surface area contributed by atoms with Gasteiger partial charge < -0.3 is 0 Å². The van der Waals surface area contributed by atoms with E-state index in [0.717, 1.165) is 25.7 Å². The number of fused-ring (bicyclic) bond motifs is 1. The minimum Gasteiger partial charge on any atom is -0.273 e. The van der Waals surface area contributed by atoms with Gasteiger partial charge in [-0.1, -0.05) is 0 Å². The summed E-state index contributed by atoms with van der Waals surface area (Å²) in [6.07, 6.45) is 7.45. The normalized spacial score (nSPS) is 29.1. The fourth-order valence-corrected chi connectivity index (χ4v) is 4.34. The molecule has 122 valence electrons. The number of nitrogens with zero attached hydrogens (tertiary/aromatic N) is 2. The van der Waals surface area contributed by atoms with Crippen LogP contribution in [0.15, 0.2) is 28.1 Å². The Morgan fingerprint density at radius 3 is 2.57 bits per heavy atom. The molecule has 0 spiro atoms. The summed E-state index contributed by atoms with van der Waals surface area (Å²) in [5.74, 6) is -1.17. The number of hydrogen-bond donors (Lipinski definition) is 1. The van der Waals surface area contributed by atoms with Gasteiger partial charge >= 0.3 is 6.03 Å². The molecule has 0 bridgehead atoms. The zero-order chi connectivity index (χ0) is 16.4. The van der Waals surface area contributed by atoms with Crippen LogP contribution in [0.2, 0.25) is 0 Å². The van der Waals surface area contributed by atoms with Crippen molar-refractivity contribution in [2.24, 2.45) is 10.9 Å². The lowest BCUT2D eigenvalue weighted by molar-refractivity contribution is -0.129. The Balaban J connectivity index is 1.66. The number of amides is 3. The van der Waals surface area contributed by atoms with Crippen LogP contribution in [-0.2, 0) is 14.8 Å². The van der Waals surface area contributed by atoms with Crippen LogP contribution in [-0.4, -0.2) is 42.5 Å². The summed E-state index contributed by atoms with van der Waals surface area (Å²) in [7, 11) is -3.67. The highest BCUT2D eigenvalue weighted by Crippen LogP contribution is 2.37. The van der Waals surface area contributed by atoms with Crippen molar-refractivity contribution in [3.05, 3.63) is 23.1 Å². The third kappa shape index (κ3) is 2.55. The van der Waals surface area contributed by atoms with Gasteiger partial charge in [-0.15, -0.1) is 0 Å². The first kappa shape index (κ1) is 14.8. The Kier molecular flexibility index (Phi) is 2.96. The average Bonchev–Trinajstić information content (AvgIpc) is 3.37. The number of sulfonamides is 1. The Morgan fingerprint density at radius 2 is 1.96 bits per heavy atom. The molecule has 0 aromatic rings. The smallest absolute Gasteiger partial charge is 0.273 e. The molecule has 4 rings (SSSR count). The predicted octanol–water partition coefficient (Wildman–Crippen LogP) is 1.09. The quantitative estimate of drug-likeness (QED) is 0.832. The molecule has 1 aliphatic heterocycles. The number of carbonyl (C=O) groups excluding carboxylic acids is 2. The van der Waals surface area contributed by atoms with Gasteiger partial charge in [-0.3, -0.25) is 9.69 Å². The number of carbonyl (C=O) groups is 2. The third-order valence-corrected chi connectivity index (χ3v) is 6.26. The van der Waals surface area contributed by atoms with Gasteiger partial charge in [0.15, 0.2) is 0 Å². The maximum Gasteiger partial charge on any atom is 0.350 e. The molecule has 8 heteroatoms. The van der Waals surface area contributed by atoms with E-state index in [2.05, 4.69) is 9.71 Å². The Morgan fingerprint density at radius 1 is 1.26 bits per heavy atom. The van der Waals surface area contributed by atoms with Crippen molar-refractivity contribution in [1.29, 1.82) is 0 Å². The molecule has 1 heterocycles. The fraction of sp³-hybridized carbons (Fsp3) is 0.533. The fourth-order valence-electron chi connectivity index (χ4n) is 2.81. The van der Waals surface area contributed by atoms with E-state index in [1.807, 2.05) is 6.92 Å². The summed E-state index contributed by atoms with van der Waals surface area (Å²) in [6, 6.07) is -0.625. The van der Waals surface area contributed by atoms with Gasteiger partial charge in [0.1, 0.15) is 5.92 Å². The molecular weight excluding hydrogens is 318 g/mol. The first-order valence-electron chi connectivity index (χ1n) is 7.69. The number of rotatable bonds is 4. The van der Waals surface area contributed by atoms with Crippen molar-refractivity contribution in [2.45, 2.75) is 44.2 Å². The molecule has 0 aromatic heterocycles. The van der Waals surface area contributed by atoms with E-state index in [0.29, 0.717) is 5.71 Å². The van der Waals surface area contributed by atoms with E-state index in [4.69, 9.17) is 0 Å². The zero-order valence-corrected chi connectivity index (χ0v) is 13.5. The predicted molar refractivity (Wildman–Crippen MR) is 83.1 cm³/mol. The molecule has 0 saturated heterocycles. The highest BCUT2D eigenvalue weighted by molar-refractivity contribution is 7.93. The van der Waals surface area contributed by atoms with Gasteiger partial charge in [-0.25, -0.2) is 17.9 Å². The molecule has 7 nitrogen and oxygen atoms in total. The zero-order valence-electron chi connectivity index (χ0n) is 12.7. The van der Waals surface area contributed by atoms with Crippen LogP contribution in [0.3, 0.4) is 0 Å². The highest BCUT2D eigenvalue weighted by atomic mass is 32.2. The maximum absolute atomic E-state index is 12.6. The minimum atomic E-state index is -3.67. The largest absolute Gasteiger partial charge is 0.350 e. The van der Waals surface area contributed by atoms with E-state index in [-0.39, 0.29) is 22.4 Å². The standard InChI is InChI=1S/C15H17N3O4S/c1-15(6-7-15)17-23(21,22)10-4-5-12-11(8-10)13(19)18(9-2-3-9)14(20)16-12/h4-5,8-9,11,17H,2-3,6-7H2,1H3.